The van der Waals surface area contributed by atoms with Crippen LogP contribution in [0, 0.1) is 0 Å². The zero-order valence-electron chi connectivity index (χ0n) is 12.1. The van der Waals surface area contributed by atoms with Crippen molar-refractivity contribution in [1.29, 1.82) is 0 Å². The molecule has 0 atom stereocenters. The minimum absolute atomic E-state index is 0.0462. The summed E-state index contributed by atoms with van der Waals surface area (Å²) in [7, 11) is 0. The highest BCUT2D eigenvalue weighted by atomic mass is 35.5. The minimum atomic E-state index is -0.0462. The van der Waals surface area contributed by atoms with Crippen LogP contribution in [0.1, 0.15) is 17.8 Å². The Bertz CT molecular complexity index is 1020. The van der Waals surface area contributed by atoms with Crippen molar-refractivity contribution in [2.45, 2.75) is 13.0 Å². The molecule has 0 saturated heterocycles. The summed E-state index contributed by atoms with van der Waals surface area (Å²) in [6, 6.07) is 12.9. The quantitative estimate of drug-likeness (QED) is 0.645. The Hall–Kier alpha value is -2.10. The molecule has 0 saturated carbocycles. The molecule has 1 aromatic heterocycles. The number of hydrogen-bond acceptors (Lipinski definition) is 2. The largest absolute Gasteiger partial charge is 0.292 e. The first kappa shape index (κ1) is 14.5. The number of rotatable bonds is 1. The van der Waals surface area contributed by atoms with Gasteiger partial charge in [0.15, 0.2) is 0 Å². The van der Waals surface area contributed by atoms with Crippen LogP contribution in [0.2, 0.25) is 10.0 Å². The van der Waals surface area contributed by atoms with Gasteiger partial charge in [-0.15, -0.1) is 0 Å². The lowest BCUT2D eigenvalue weighted by atomic mass is 10.1. The molecule has 0 spiro atoms. The lowest BCUT2D eigenvalue weighted by Gasteiger charge is -2.06. The van der Waals surface area contributed by atoms with E-state index in [0.29, 0.717) is 33.3 Å². The van der Waals surface area contributed by atoms with Gasteiger partial charge in [0, 0.05) is 16.6 Å². The van der Waals surface area contributed by atoms with Crippen molar-refractivity contribution in [3.8, 4) is 0 Å². The van der Waals surface area contributed by atoms with E-state index in [1.54, 1.807) is 22.8 Å². The molecule has 0 bridgehead atoms. The number of allylic oxidation sites excluding steroid dienone is 1. The zero-order valence-corrected chi connectivity index (χ0v) is 13.6. The van der Waals surface area contributed by atoms with Crippen LogP contribution < -0.4 is 5.56 Å². The Kier molecular flexibility index (Phi) is 3.47. The molecule has 114 valence electrons. The van der Waals surface area contributed by atoms with Crippen LogP contribution in [0.3, 0.4) is 0 Å². The number of hydrogen-bond donors (Lipinski definition) is 0. The molecular formula is C18H12Cl2N2O. The monoisotopic (exact) mass is 342 g/mol. The number of halogens is 2. The highest BCUT2D eigenvalue weighted by Gasteiger charge is 2.21. The summed E-state index contributed by atoms with van der Waals surface area (Å²) in [5.74, 6) is 0.713. The number of fused-ring (bicyclic) bond motifs is 2. The van der Waals surface area contributed by atoms with E-state index in [2.05, 4.69) is 4.98 Å². The summed E-state index contributed by atoms with van der Waals surface area (Å²) < 4.78 is 1.71. The van der Waals surface area contributed by atoms with Crippen molar-refractivity contribution in [2.75, 3.05) is 0 Å². The molecule has 5 heteroatoms. The maximum atomic E-state index is 12.6. The van der Waals surface area contributed by atoms with Crippen molar-refractivity contribution in [3.63, 3.8) is 0 Å². The van der Waals surface area contributed by atoms with Gasteiger partial charge in [0.1, 0.15) is 5.82 Å². The van der Waals surface area contributed by atoms with Crippen molar-refractivity contribution in [1.82, 2.24) is 9.55 Å². The third kappa shape index (κ3) is 2.46. The molecule has 4 rings (SSSR count). The summed E-state index contributed by atoms with van der Waals surface area (Å²) in [5, 5.41) is 1.79. The molecule has 0 radical (unpaired) electrons. The van der Waals surface area contributed by atoms with Gasteiger partial charge in [0.2, 0.25) is 0 Å². The molecular weight excluding hydrogens is 331 g/mol. The van der Waals surface area contributed by atoms with Gasteiger partial charge in [-0.1, -0.05) is 41.4 Å². The van der Waals surface area contributed by atoms with Gasteiger partial charge in [-0.2, -0.15) is 0 Å². The van der Waals surface area contributed by atoms with Crippen LogP contribution in [0.15, 0.2) is 47.3 Å². The first-order valence-electron chi connectivity index (χ1n) is 7.29. The van der Waals surface area contributed by atoms with Crippen LogP contribution >= 0.6 is 23.2 Å². The molecule has 0 aliphatic carbocycles. The second-order valence-corrected chi connectivity index (χ2v) is 6.34. The van der Waals surface area contributed by atoms with Gasteiger partial charge in [-0.3, -0.25) is 9.36 Å². The van der Waals surface area contributed by atoms with E-state index >= 15 is 0 Å². The average molecular weight is 343 g/mol. The van der Waals surface area contributed by atoms with Crippen molar-refractivity contribution >= 4 is 45.8 Å². The molecule has 1 aliphatic rings. The average Bonchev–Trinajstić information content (AvgIpc) is 2.94. The van der Waals surface area contributed by atoms with E-state index < -0.39 is 0 Å². The second kappa shape index (κ2) is 5.52. The summed E-state index contributed by atoms with van der Waals surface area (Å²) in [4.78, 5) is 17.3. The molecule has 0 amide bonds. The van der Waals surface area contributed by atoms with E-state index in [1.165, 1.54) is 0 Å². The third-order valence-corrected chi connectivity index (χ3v) is 4.62. The van der Waals surface area contributed by atoms with Gasteiger partial charge >= 0.3 is 0 Å². The molecule has 3 nitrogen and oxygen atoms in total. The van der Waals surface area contributed by atoms with Gasteiger partial charge < -0.3 is 0 Å². The molecule has 0 unspecified atom stereocenters. The fraction of sp³-hybridized carbons (Fsp3) is 0.111. The lowest BCUT2D eigenvalue weighted by molar-refractivity contribution is 0.725. The zero-order chi connectivity index (χ0) is 16.0. The Morgan fingerprint density at radius 2 is 1.96 bits per heavy atom. The van der Waals surface area contributed by atoms with Crippen LogP contribution in [-0.2, 0) is 6.54 Å². The van der Waals surface area contributed by atoms with Crippen LogP contribution in [0.25, 0.3) is 22.6 Å². The Labute approximate surface area is 142 Å². The third-order valence-electron chi connectivity index (χ3n) is 4.04. The van der Waals surface area contributed by atoms with E-state index in [9.17, 15) is 4.79 Å². The van der Waals surface area contributed by atoms with E-state index in [-0.39, 0.29) is 5.56 Å². The predicted molar refractivity (Wildman–Crippen MR) is 95.0 cm³/mol. The number of aromatic nitrogens is 2. The SMILES string of the molecule is O=c1c2cc(Cl)ccc2nc2n1CC/C2=C\c1ccccc1Cl. The smallest absolute Gasteiger partial charge is 0.261 e. The Morgan fingerprint density at radius 1 is 1.13 bits per heavy atom. The fourth-order valence-electron chi connectivity index (χ4n) is 2.91. The molecule has 2 aromatic carbocycles. The topological polar surface area (TPSA) is 34.9 Å². The van der Waals surface area contributed by atoms with Gasteiger partial charge in [0.25, 0.3) is 5.56 Å². The highest BCUT2D eigenvalue weighted by molar-refractivity contribution is 6.32. The van der Waals surface area contributed by atoms with Gasteiger partial charge in [-0.05, 0) is 47.9 Å². The van der Waals surface area contributed by atoms with Gasteiger partial charge in [0.05, 0.1) is 10.9 Å². The highest BCUT2D eigenvalue weighted by Crippen LogP contribution is 2.29. The van der Waals surface area contributed by atoms with Gasteiger partial charge in [-0.25, -0.2) is 4.98 Å². The van der Waals surface area contributed by atoms with Crippen LogP contribution in [-0.4, -0.2) is 9.55 Å². The number of nitrogens with zero attached hydrogens (tertiary/aromatic N) is 2. The Balaban J connectivity index is 1.93. The normalized spacial score (nSPS) is 15.3. The molecule has 23 heavy (non-hydrogen) atoms. The molecule has 0 N–H and O–H groups in total. The fourth-order valence-corrected chi connectivity index (χ4v) is 3.27. The first-order valence-corrected chi connectivity index (χ1v) is 8.04. The van der Waals surface area contributed by atoms with E-state index in [4.69, 9.17) is 23.2 Å². The van der Waals surface area contributed by atoms with Crippen LogP contribution in [0.5, 0.6) is 0 Å². The minimum Gasteiger partial charge on any atom is -0.292 e. The maximum Gasteiger partial charge on any atom is 0.261 e. The molecule has 0 fully saturated rings. The summed E-state index contributed by atoms with van der Waals surface area (Å²) in [6.07, 6.45) is 2.77. The summed E-state index contributed by atoms with van der Waals surface area (Å²) >= 11 is 12.2. The Morgan fingerprint density at radius 3 is 2.78 bits per heavy atom. The second-order valence-electron chi connectivity index (χ2n) is 5.49. The van der Waals surface area contributed by atoms with Crippen LogP contribution in [0.4, 0.5) is 0 Å². The summed E-state index contributed by atoms with van der Waals surface area (Å²) in [5.41, 5.74) is 2.57. The van der Waals surface area contributed by atoms with E-state index in [1.807, 2.05) is 30.3 Å². The predicted octanol–water partition coefficient (Wildman–Crippen LogP) is 4.65. The standard InChI is InChI=1S/C18H12Cl2N2O/c19-13-5-6-16-14(10-13)18(23)22-8-7-12(17(22)21-16)9-11-3-1-2-4-15(11)20/h1-6,9-10H,7-8H2/b12-9+. The molecule has 3 aromatic rings. The first-order chi connectivity index (χ1) is 11.1. The van der Waals surface area contributed by atoms with Crippen molar-refractivity contribution in [2.24, 2.45) is 0 Å². The lowest BCUT2D eigenvalue weighted by Crippen LogP contribution is -2.20. The summed E-state index contributed by atoms with van der Waals surface area (Å²) in [6.45, 7) is 0.625. The molecule has 2 heterocycles. The van der Waals surface area contributed by atoms with Crippen molar-refractivity contribution < 1.29 is 0 Å². The maximum absolute atomic E-state index is 12.6. The van der Waals surface area contributed by atoms with E-state index in [0.717, 1.165) is 17.6 Å². The van der Waals surface area contributed by atoms with Crippen molar-refractivity contribution in [3.05, 3.63) is 74.3 Å². The number of benzene rings is 2. The molecule has 1 aliphatic heterocycles.